The van der Waals surface area contributed by atoms with Gasteiger partial charge in [-0.1, -0.05) is 6.07 Å². The first-order chi connectivity index (χ1) is 11.2. The molecular weight excluding hydrogens is 298 g/mol. The van der Waals surface area contributed by atoms with Crippen molar-refractivity contribution in [3.63, 3.8) is 0 Å². The third-order valence-corrected chi connectivity index (χ3v) is 4.63. The van der Waals surface area contributed by atoms with E-state index in [-0.39, 0.29) is 5.69 Å². The molecule has 0 spiro atoms. The SMILES string of the molecule is O=[N+]([O-])c1cccc(-c2nc(N3CCN4CCC3CC4)no2)c1. The van der Waals surface area contributed by atoms with Crippen LogP contribution in [-0.4, -0.2) is 52.2 Å². The number of rotatable bonds is 3. The number of aromatic nitrogens is 2. The Morgan fingerprint density at radius 2 is 2.04 bits per heavy atom. The average Bonchev–Trinajstić information content (AvgIpc) is 2.88. The van der Waals surface area contributed by atoms with Gasteiger partial charge in [-0.15, -0.1) is 0 Å². The van der Waals surface area contributed by atoms with E-state index in [1.807, 2.05) is 0 Å². The summed E-state index contributed by atoms with van der Waals surface area (Å²) < 4.78 is 5.35. The van der Waals surface area contributed by atoms with E-state index in [0.717, 1.165) is 39.0 Å². The predicted octanol–water partition coefficient (Wildman–Crippen LogP) is 1.93. The summed E-state index contributed by atoms with van der Waals surface area (Å²) in [5, 5.41) is 15.0. The molecule has 0 atom stereocenters. The molecule has 0 amide bonds. The lowest BCUT2D eigenvalue weighted by Crippen LogP contribution is -2.38. The maximum Gasteiger partial charge on any atom is 0.270 e. The van der Waals surface area contributed by atoms with Gasteiger partial charge >= 0.3 is 0 Å². The van der Waals surface area contributed by atoms with Crippen LogP contribution in [-0.2, 0) is 0 Å². The number of nitro benzene ring substituents is 1. The van der Waals surface area contributed by atoms with E-state index in [4.69, 9.17) is 4.52 Å². The number of nitro groups is 1. The minimum atomic E-state index is -0.428. The van der Waals surface area contributed by atoms with Crippen molar-refractivity contribution < 1.29 is 9.45 Å². The Hall–Kier alpha value is -2.48. The quantitative estimate of drug-likeness (QED) is 0.631. The minimum Gasteiger partial charge on any atom is -0.334 e. The van der Waals surface area contributed by atoms with E-state index < -0.39 is 4.92 Å². The number of non-ortho nitro benzene ring substituents is 1. The molecule has 2 bridgehead atoms. The topological polar surface area (TPSA) is 88.5 Å². The molecule has 8 nitrogen and oxygen atoms in total. The van der Waals surface area contributed by atoms with E-state index in [1.165, 1.54) is 12.1 Å². The highest BCUT2D eigenvalue weighted by Crippen LogP contribution is 2.28. The van der Waals surface area contributed by atoms with Crippen LogP contribution >= 0.6 is 0 Å². The first-order valence-corrected chi connectivity index (χ1v) is 7.78. The van der Waals surface area contributed by atoms with Gasteiger partial charge in [0.25, 0.3) is 17.5 Å². The number of piperidine rings is 1. The number of fused-ring (bicyclic) bond motifs is 4. The zero-order valence-electron chi connectivity index (χ0n) is 12.6. The maximum atomic E-state index is 10.9. The van der Waals surface area contributed by atoms with Crippen LogP contribution in [0.3, 0.4) is 0 Å². The predicted molar refractivity (Wildman–Crippen MR) is 83.2 cm³/mol. The fraction of sp³-hybridized carbons (Fsp3) is 0.467. The molecule has 3 aliphatic rings. The van der Waals surface area contributed by atoms with Crippen LogP contribution in [0.2, 0.25) is 0 Å². The fourth-order valence-electron chi connectivity index (χ4n) is 3.35. The number of hydrogen-bond acceptors (Lipinski definition) is 7. The van der Waals surface area contributed by atoms with Gasteiger partial charge in [0.2, 0.25) is 0 Å². The van der Waals surface area contributed by atoms with Crippen molar-refractivity contribution in [2.75, 3.05) is 31.1 Å². The molecule has 0 unspecified atom stereocenters. The molecule has 3 fully saturated rings. The lowest BCUT2D eigenvalue weighted by molar-refractivity contribution is -0.384. The molecule has 2 aromatic rings. The van der Waals surface area contributed by atoms with Gasteiger partial charge in [-0.3, -0.25) is 10.1 Å². The number of benzene rings is 1. The van der Waals surface area contributed by atoms with Crippen molar-refractivity contribution in [3.8, 4) is 11.5 Å². The highest BCUT2D eigenvalue weighted by molar-refractivity contribution is 5.58. The molecule has 1 aromatic carbocycles. The van der Waals surface area contributed by atoms with Crippen LogP contribution in [0.5, 0.6) is 0 Å². The Balaban J connectivity index is 1.61. The van der Waals surface area contributed by atoms with Crippen molar-refractivity contribution >= 4 is 11.6 Å². The molecule has 0 radical (unpaired) electrons. The lowest BCUT2D eigenvalue weighted by atomic mass is 10.1. The second kappa shape index (κ2) is 5.62. The van der Waals surface area contributed by atoms with Crippen molar-refractivity contribution in [2.24, 2.45) is 0 Å². The monoisotopic (exact) mass is 315 g/mol. The van der Waals surface area contributed by atoms with Gasteiger partial charge in [-0.25, -0.2) is 0 Å². The molecule has 120 valence electrons. The molecule has 23 heavy (non-hydrogen) atoms. The summed E-state index contributed by atoms with van der Waals surface area (Å²) in [4.78, 5) is 19.6. The molecule has 3 saturated heterocycles. The second-order valence-corrected chi connectivity index (χ2v) is 5.97. The Labute approximate surface area is 132 Å². The summed E-state index contributed by atoms with van der Waals surface area (Å²) >= 11 is 0. The van der Waals surface area contributed by atoms with Gasteiger partial charge in [-0.2, -0.15) is 4.98 Å². The highest BCUT2D eigenvalue weighted by atomic mass is 16.6. The number of anilines is 1. The minimum absolute atomic E-state index is 0.0171. The fourth-order valence-corrected chi connectivity index (χ4v) is 3.35. The summed E-state index contributed by atoms with van der Waals surface area (Å²) in [5.74, 6) is 0.906. The zero-order chi connectivity index (χ0) is 15.8. The molecule has 1 aromatic heterocycles. The van der Waals surface area contributed by atoms with Gasteiger partial charge in [0, 0.05) is 49.9 Å². The summed E-state index contributed by atoms with van der Waals surface area (Å²) in [5.41, 5.74) is 0.587. The Morgan fingerprint density at radius 3 is 2.83 bits per heavy atom. The van der Waals surface area contributed by atoms with E-state index in [0.29, 0.717) is 23.4 Å². The third kappa shape index (κ3) is 2.65. The van der Waals surface area contributed by atoms with E-state index in [1.54, 1.807) is 12.1 Å². The first-order valence-electron chi connectivity index (χ1n) is 7.78. The van der Waals surface area contributed by atoms with E-state index >= 15 is 0 Å². The molecule has 4 heterocycles. The maximum absolute atomic E-state index is 10.9. The Morgan fingerprint density at radius 1 is 1.22 bits per heavy atom. The van der Waals surface area contributed by atoms with Crippen molar-refractivity contribution in [3.05, 3.63) is 34.4 Å². The van der Waals surface area contributed by atoms with Crippen LogP contribution in [0.1, 0.15) is 12.8 Å². The summed E-state index contributed by atoms with van der Waals surface area (Å²) in [6.07, 6.45) is 2.22. The van der Waals surface area contributed by atoms with Gasteiger partial charge in [0.1, 0.15) is 0 Å². The van der Waals surface area contributed by atoms with Gasteiger partial charge < -0.3 is 14.3 Å². The second-order valence-electron chi connectivity index (χ2n) is 5.97. The van der Waals surface area contributed by atoms with Gasteiger partial charge in [0.15, 0.2) is 0 Å². The first kappa shape index (κ1) is 14.1. The van der Waals surface area contributed by atoms with Crippen LogP contribution < -0.4 is 4.90 Å². The van der Waals surface area contributed by atoms with Crippen LogP contribution in [0.4, 0.5) is 11.6 Å². The molecule has 5 rings (SSSR count). The smallest absolute Gasteiger partial charge is 0.270 e. The largest absolute Gasteiger partial charge is 0.334 e. The zero-order valence-corrected chi connectivity index (χ0v) is 12.6. The standard InChI is InChI=1S/C15H17N5O3/c21-20(22)13-3-1-2-11(10-13)14-16-15(17-23-14)19-9-8-18-6-4-12(19)5-7-18/h1-3,10,12H,4-9H2. The Kier molecular flexibility index (Phi) is 3.45. The number of nitrogens with zero attached hydrogens (tertiary/aromatic N) is 5. The van der Waals surface area contributed by atoms with Crippen LogP contribution in [0.15, 0.2) is 28.8 Å². The van der Waals surface area contributed by atoms with Crippen molar-refractivity contribution in [1.29, 1.82) is 0 Å². The summed E-state index contributed by atoms with van der Waals surface area (Å²) in [7, 11) is 0. The van der Waals surface area contributed by atoms with E-state index in [2.05, 4.69) is 19.9 Å². The molecular formula is C15H17N5O3. The molecule has 8 heteroatoms. The van der Waals surface area contributed by atoms with E-state index in [9.17, 15) is 10.1 Å². The van der Waals surface area contributed by atoms with Crippen molar-refractivity contribution in [1.82, 2.24) is 15.0 Å². The lowest BCUT2D eigenvalue weighted by Gasteiger charge is -2.30. The van der Waals surface area contributed by atoms with Gasteiger partial charge in [-0.05, 0) is 24.1 Å². The number of hydrogen-bond donors (Lipinski definition) is 0. The third-order valence-electron chi connectivity index (χ3n) is 4.63. The Bertz CT molecular complexity index is 723. The summed E-state index contributed by atoms with van der Waals surface area (Å²) in [6.45, 7) is 4.14. The summed E-state index contributed by atoms with van der Waals surface area (Å²) in [6, 6.07) is 6.71. The average molecular weight is 315 g/mol. The molecule has 0 aliphatic carbocycles. The molecule has 3 aliphatic heterocycles. The molecule has 0 saturated carbocycles. The van der Waals surface area contributed by atoms with Gasteiger partial charge in [0.05, 0.1) is 4.92 Å². The normalized spacial score (nSPS) is 23.7. The van der Waals surface area contributed by atoms with Crippen LogP contribution in [0.25, 0.3) is 11.5 Å². The van der Waals surface area contributed by atoms with Crippen LogP contribution in [0, 0.1) is 10.1 Å². The van der Waals surface area contributed by atoms with Crippen molar-refractivity contribution in [2.45, 2.75) is 18.9 Å². The molecule has 0 N–H and O–H groups in total. The highest BCUT2D eigenvalue weighted by Gasteiger charge is 2.31.